The van der Waals surface area contributed by atoms with Gasteiger partial charge in [0.2, 0.25) is 0 Å². The monoisotopic (exact) mass is 562 g/mol. The topological polar surface area (TPSA) is 76.7 Å². The van der Waals surface area contributed by atoms with E-state index in [0.29, 0.717) is 35.8 Å². The molecule has 0 radical (unpaired) electrons. The standard InChI is InChI=1S/C36H38N2O4/c39-35(29-15-9-17-31(25-29)41-23-21-27-11-3-1-4-12-27)37-33-19-7-8-20-34(33)38-36(40)30-16-10-18-32(26-30)42-24-22-28-13-5-2-6-14-28/h1-6,9-18,25-26,33-34H,7-8,19-24H2,(H,37,39)(H,38,40). The molecule has 2 unspecified atom stereocenters. The number of nitrogens with one attached hydrogen (secondary N) is 2. The largest absolute Gasteiger partial charge is 0.493 e. The quantitative estimate of drug-likeness (QED) is 0.210. The molecule has 4 aromatic rings. The van der Waals surface area contributed by atoms with Crippen LogP contribution < -0.4 is 20.1 Å². The van der Waals surface area contributed by atoms with Crippen LogP contribution in [-0.4, -0.2) is 37.1 Å². The van der Waals surface area contributed by atoms with Crippen molar-refractivity contribution in [2.45, 2.75) is 50.6 Å². The van der Waals surface area contributed by atoms with E-state index in [1.54, 1.807) is 24.3 Å². The highest BCUT2D eigenvalue weighted by molar-refractivity contribution is 5.96. The minimum Gasteiger partial charge on any atom is -0.493 e. The molecule has 4 aromatic carbocycles. The van der Waals surface area contributed by atoms with E-state index in [9.17, 15) is 9.59 Å². The van der Waals surface area contributed by atoms with Gasteiger partial charge in [0.25, 0.3) is 11.8 Å². The number of amides is 2. The summed E-state index contributed by atoms with van der Waals surface area (Å²) in [5, 5.41) is 6.34. The molecule has 2 atom stereocenters. The number of benzene rings is 4. The lowest BCUT2D eigenvalue weighted by molar-refractivity contribution is 0.0862. The number of ether oxygens (including phenoxy) is 2. The lowest BCUT2D eigenvalue weighted by Gasteiger charge is -2.33. The summed E-state index contributed by atoms with van der Waals surface area (Å²) in [5.74, 6) is 1.00. The van der Waals surface area contributed by atoms with E-state index in [1.165, 1.54) is 11.1 Å². The van der Waals surface area contributed by atoms with Crippen LogP contribution in [0.25, 0.3) is 0 Å². The van der Waals surface area contributed by atoms with E-state index < -0.39 is 0 Å². The number of hydrogen-bond donors (Lipinski definition) is 2. The lowest BCUT2D eigenvalue weighted by Crippen LogP contribution is -2.53. The molecule has 5 rings (SSSR count). The van der Waals surface area contributed by atoms with Crippen molar-refractivity contribution < 1.29 is 19.1 Å². The van der Waals surface area contributed by atoms with Crippen LogP contribution in [0.3, 0.4) is 0 Å². The summed E-state index contributed by atoms with van der Waals surface area (Å²) in [6, 6.07) is 34.6. The Morgan fingerprint density at radius 3 is 1.43 bits per heavy atom. The minimum atomic E-state index is -0.163. The summed E-state index contributed by atoms with van der Waals surface area (Å²) in [7, 11) is 0. The number of carbonyl (C=O) groups excluding carboxylic acids is 2. The second kappa shape index (κ2) is 14.9. The van der Waals surface area contributed by atoms with Gasteiger partial charge < -0.3 is 20.1 Å². The van der Waals surface area contributed by atoms with Gasteiger partial charge in [-0.15, -0.1) is 0 Å². The molecule has 0 aliphatic heterocycles. The fourth-order valence-corrected chi connectivity index (χ4v) is 5.30. The first kappa shape index (κ1) is 28.9. The van der Waals surface area contributed by atoms with Gasteiger partial charge in [-0.05, 0) is 60.4 Å². The van der Waals surface area contributed by atoms with Crippen LogP contribution in [-0.2, 0) is 12.8 Å². The highest BCUT2D eigenvalue weighted by Gasteiger charge is 2.28. The van der Waals surface area contributed by atoms with Gasteiger partial charge in [0, 0.05) is 36.1 Å². The van der Waals surface area contributed by atoms with Gasteiger partial charge in [-0.2, -0.15) is 0 Å². The van der Waals surface area contributed by atoms with Crippen LogP contribution in [0.4, 0.5) is 0 Å². The molecule has 0 aromatic heterocycles. The molecule has 42 heavy (non-hydrogen) atoms. The first-order valence-corrected chi connectivity index (χ1v) is 14.8. The van der Waals surface area contributed by atoms with Crippen molar-refractivity contribution in [3.8, 4) is 11.5 Å². The maximum absolute atomic E-state index is 13.2. The van der Waals surface area contributed by atoms with Gasteiger partial charge in [-0.3, -0.25) is 9.59 Å². The molecule has 2 N–H and O–H groups in total. The maximum Gasteiger partial charge on any atom is 0.251 e. The van der Waals surface area contributed by atoms with E-state index >= 15 is 0 Å². The first-order chi connectivity index (χ1) is 20.6. The summed E-state index contributed by atoms with van der Waals surface area (Å²) < 4.78 is 11.8. The summed E-state index contributed by atoms with van der Waals surface area (Å²) in [4.78, 5) is 26.4. The third-order valence-electron chi connectivity index (χ3n) is 7.60. The zero-order chi connectivity index (χ0) is 29.0. The molecule has 1 aliphatic rings. The van der Waals surface area contributed by atoms with Crippen LogP contribution in [0, 0.1) is 0 Å². The fourth-order valence-electron chi connectivity index (χ4n) is 5.30. The SMILES string of the molecule is O=C(NC1CCCCC1NC(=O)c1cccc(OCCc2ccccc2)c1)c1cccc(OCCc2ccccc2)c1. The normalized spacial score (nSPS) is 16.3. The van der Waals surface area contributed by atoms with Crippen LogP contribution in [0.1, 0.15) is 57.5 Å². The van der Waals surface area contributed by atoms with Gasteiger partial charge in [-0.25, -0.2) is 0 Å². The molecule has 0 heterocycles. The summed E-state index contributed by atoms with van der Waals surface area (Å²) in [6.07, 6.45) is 5.22. The molecule has 6 nitrogen and oxygen atoms in total. The Balaban J connectivity index is 1.14. The lowest BCUT2D eigenvalue weighted by atomic mass is 9.89. The van der Waals surface area contributed by atoms with Gasteiger partial charge in [0.05, 0.1) is 13.2 Å². The Labute approximate surface area is 248 Å². The van der Waals surface area contributed by atoms with Gasteiger partial charge in [0.15, 0.2) is 0 Å². The zero-order valence-corrected chi connectivity index (χ0v) is 23.8. The predicted octanol–water partition coefficient (Wildman–Crippen LogP) is 6.40. The zero-order valence-electron chi connectivity index (χ0n) is 23.8. The third-order valence-corrected chi connectivity index (χ3v) is 7.60. The van der Waals surface area contributed by atoms with E-state index in [0.717, 1.165) is 38.5 Å². The Morgan fingerprint density at radius 2 is 1.00 bits per heavy atom. The predicted molar refractivity (Wildman–Crippen MR) is 165 cm³/mol. The number of rotatable bonds is 12. The Morgan fingerprint density at radius 1 is 0.571 bits per heavy atom. The van der Waals surface area contributed by atoms with Crippen molar-refractivity contribution in [1.82, 2.24) is 10.6 Å². The third kappa shape index (κ3) is 8.46. The Kier molecular flexibility index (Phi) is 10.2. The van der Waals surface area contributed by atoms with Crippen LogP contribution in [0.2, 0.25) is 0 Å². The Bertz CT molecular complexity index is 1330. The van der Waals surface area contributed by atoms with E-state index in [1.807, 2.05) is 60.7 Å². The molecule has 216 valence electrons. The second-order valence-corrected chi connectivity index (χ2v) is 10.7. The Hall–Kier alpha value is -4.58. The average Bonchev–Trinajstić information content (AvgIpc) is 3.03. The number of hydrogen-bond acceptors (Lipinski definition) is 4. The van der Waals surface area contributed by atoms with E-state index in [2.05, 4.69) is 34.9 Å². The summed E-state index contributed by atoms with van der Waals surface area (Å²) in [5.41, 5.74) is 3.50. The van der Waals surface area contributed by atoms with Crippen LogP contribution >= 0.6 is 0 Å². The minimum absolute atomic E-state index is 0.150. The maximum atomic E-state index is 13.2. The second-order valence-electron chi connectivity index (χ2n) is 10.7. The van der Waals surface area contributed by atoms with E-state index in [4.69, 9.17) is 9.47 Å². The molecule has 1 aliphatic carbocycles. The summed E-state index contributed by atoms with van der Waals surface area (Å²) in [6.45, 7) is 1.07. The molecule has 1 saturated carbocycles. The van der Waals surface area contributed by atoms with E-state index in [-0.39, 0.29) is 23.9 Å². The highest BCUT2D eigenvalue weighted by atomic mass is 16.5. The summed E-state index contributed by atoms with van der Waals surface area (Å²) >= 11 is 0. The molecular weight excluding hydrogens is 524 g/mol. The van der Waals surface area contributed by atoms with Gasteiger partial charge in [-0.1, -0.05) is 85.6 Å². The van der Waals surface area contributed by atoms with Crippen LogP contribution in [0.5, 0.6) is 11.5 Å². The van der Waals surface area contributed by atoms with Gasteiger partial charge in [0.1, 0.15) is 11.5 Å². The number of carbonyl (C=O) groups is 2. The van der Waals surface area contributed by atoms with Crippen molar-refractivity contribution in [3.05, 3.63) is 131 Å². The molecule has 0 spiro atoms. The molecule has 2 amide bonds. The highest BCUT2D eigenvalue weighted by Crippen LogP contribution is 2.22. The van der Waals surface area contributed by atoms with Crippen molar-refractivity contribution in [2.75, 3.05) is 13.2 Å². The van der Waals surface area contributed by atoms with Crippen molar-refractivity contribution >= 4 is 11.8 Å². The first-order valence-electron chi connectivity index (χ1n) is 14.8. The molecule has 0 saturated heterocycles. The smallest absolute Gasteiger partial charge is 0.251 e. The van der Waals surface area contributed by atoms with Crippen LogP contribution in [0.15, 0.2) is 109 Å². The average molecular weight is 563 g/mol. The fraction of sp³-hybridized carbons (Fsp3) is 0.278. The molecule has 0 bridgehead atoms. The van der Waals surface area contributed by atoms with Crippen molar-refractivity contribution in [1.29, 1.82) is 0 Å². The molecule has 6 heteroatoms. The molecule has 1 fully saturated rings. The van der Waals surface area contributed by atoms with Gasteiger partial charge >= 0.3 is 0 Å². The van der Waals surface area contributed by atoms with Crippen molar-refractivity contribution in [3.63, 3.8) is 0 Å². The molecular formula is C36H38N2O4. The van der Waals surface area contributed by atoms with Crippen molar-refractivity contribution in [2.24, 2.45) is 0 Å².